The fraction of sp³-hybridized carbons (Fsp3) is 0. The van der Waals surface area contributed by atoms with E-state index in [-0.39, 0.29) is 0 Å². The average Bonchev–Trinajstić information content (AvgIpc) is 1.57. The molecular weight excluding hydrogens is 727 g/mol. The summed E-state index contributed by atoms with van der Waals surface area (Å²) in [5, 5.41) is -6.50. The number of rotatable bonds is 6. The van der Waals surface area contributed by atoms with E-state index < -0.39 is 339 Å². The summed E-state index contributed by atoms with van der Waals surface area (Å²) in [4.78, 5) is 0.342. The van der Waals surface area contributed by atoms with Gasteiger partial charge in [-0.05, 0) is 119 Å². The molecule has 0 aliphatic heterocycles. The molecule has 0 saturated heterocycles. The maximum absolute atomic E-state index is 9.87. The van der Waals surface area contributed by atoms with Gasteiger partial charge in [-0.25, -0.2) is 0 Å². The quantitative estimate of drug-likeness (QED) is 0.156. The first kappa shape index (κ1) is 13.6. The highest BCUT2D eigenvalue weighted by atomic mass is 16.3. The second kappa shape index (κ2) is 13.9. The summed E-state index contributed by atoms with van der Waals surface area (Å²) in [5.74, 6) is 0. The van der Waals surface area contributed by atoms with Gasteiger partial charge in [0.1, 0.15) is 11.2 Å². The third kappa shape index (κ3) is 5.57. The molecule has 0 aliphatic carbocycles. The zero-order valence-corrected chi connectivity index (χ0v) is 29.9. The van der Waals surface area contributed by atoms with E-state index in [1.54, 1.807) is 0 Å². The SMILES string of the molecule is [2H]c1c([2H])c(-c2c([2H])c([2H])c([2H])c3c2c([2H])c([2H])c2c([2H])c([2H])c([2H])c([2H])c23)c([2H])c([2H])c1-c1c([2H])c([2H])c(N(c2c([2H])c([2H])c(-c3c([2H])c([2H])c([2H])c4c3c([2H])c([2H])c3c([2H])c([2H])c([2H])c([2H])c34)c([2H])c2[2H])c2c([2H])c([2H])c([2H])c3oc4c([2H])c([2H])c([2H])c([2H])c4c23)c([2H])c1[2H]. The van der Waals surface area contributed by atoms with Crippen molar-refractivity contribution in [2.45, 2.75) is 0 Å². The second-order valence-corrected chi connectivity index (χ2v) is 12.8. The van der Waals surface area contributed by atoms with Crippen molar-refractivity contribution in [3.8, 4) is 33.4 Å². The van der Waals surface area contributed by atoms with Crippen molar-refractivity contribution in [2.75, 3.05) is 4.90 Å². The van der Waals surface area contributed by atoms with Gasteiger partial charge in [-0.15, -0.1) is 0 Å². The summed E-state index contributed by atoms with van der Waals surface area (Å²) in [6, 6.07) is -39.1. The van der Waals surface area contributed by atoms with Gasteiger partial charge in [0.05, 0.1) is 61.8 Å². The van der Waals surface area contributed by atoms with E-state index in [2.05, 4.69) is 0 Å². The highest BCUT2D eigenvalue weighted by Crippen LogP contribution is 2.44. The van der Waals surface area contributed by atoms with Crippen LogP contribution in [0.1, 0.15) is 50.7 Å². The minimum Gasteiger partial charge on any atom is -0.456 e. The maximum atomic E-state index is 9.87. The summed E-state index contributed by atoms with van der Waals surface area (Å²) in [7, 11) is 0. The van der Waals surface area contributed by atoms with E-state index in [0.717, 1.165) is 0 Å². The molecule has 0 aliphatic rings. The van der Waals surface area contributed by atoms with E-state index in [4.69, 9.17) is 34.6 Å². The highest BCUT2D eigenvalue weighted by molar-refractivity contribution is 6.15. The Kier molecular flexibility index (Phi) is 3.13. The molecule has 0 saturated carbocycles. The number of nitrogens with zero attached hydrogens (tertiary/aromatic N) is 1. The van der Waals surface area contributed by atoms with Crippen molar-refractivity contribution in [1.82, 2.24) is 0 Å². The predicted octanol–water partition coefficient (Wildman–Crippen LogP) is 16.7. The normalized spacial score (nSPS) is 20.3. The summed E-state index contributed by atoms with van der Waals surface area (Å²) < 4.78 is 343. The van der Waals surface area contributed by atoms with Crippen LogP contribution in [-0.2, 0) is 0 Å². The number of furan rings is 1. The van der Waals surface area contributed by atoms with Gasteiger partial charge in [-0.2, -0.15) is 0 Å². The summed E-state index contributed by atoms with van der Waals surface area (Å²) >= 11 is 0. The van der Waals surface area contributed by atoms with E-state index in [9.17, 15) is 20.6 Å². The fourth-order valence-corrected chi connectivity index (χ4v) is 6.74. The van der Waals surface area contributed by atoms with E-state index in [1.807, 2.05) is 0 Å². The first-order valence-corrected chi connectivity index (χ1v) is 17.6. The van der Waals surface area contributed by atoms with Crippen LogP contribution in [0.2, 0.25) is 0 Å². The van der Waals surface area contributed by atoms with Gasteiger partial charge >= 0.3 is 0 Å². The van der Waals surface area contributed by atoms with Crippen LogP contribution >= 0.6 is 0 Å². The molecule has 0 amide bonds. The zero-order chi connectivity index (χ0) is 71.8. The molecule has 60 heavy (non-hydrogen) atoms. The molecule has 1 aromatic heterocycles. The molecule has 12 rings (SSSR count). The summed E-state index contributed by atoms with van der Waals surface area (Å²) in [5.41, 5.74) is -10.8. The molecule has 0 bridgehead atoms. The molecule has 0 radical (unpaired) electrons. The van der Waals surface area contributed by atoms with Crippen LogP contribution in [0.25, 0.3) is 98.4 Å². The van der Waals surface area contributed by atoms with Gasteiger partial charge in [0.25, 0.3) is 0 Å². The molecule has 2 nitrogen and oxygen atoms in total. The van der Waals surface area contributed by atoms with Crippen LogP contribution in [0.4, 0.5) is 17.1 Å². The second-order valence-electron chi connectivity index (χ2n) is 12.8. The Morgan fingerprint density at radius 1 is 0.300 bits per heavy atom. The van der Waals surface area contributed by atoms with Gasteiger partial charge in [0, 0.05) is 16.8 Å². The molecule has 0 atom stereocenters. The Balaban J connectivity index is 1.20. The van der Waals surface area contributed by atoms with Gasteiger partial charge in [0.15, 0.2) is 0 Å². The average molecular weight is 801 g/mol. The van der Waals surface area contributed by atoms with Crippen molar-refractivity contribution in [3.63, 3.8) is 0 Å². The Bertz CT molecular complexity index is 5710. The van der Waals surface area contributed by atoms with Crippen LogP contribution in [0, 0.1) is 0 Å². The van der Waals surface area contributed by atoms with Crippen molar-refractivity contribution in [2.24, 2.45) is 0 Å². The van der Waals surface area contributed by atoms with E-state index in [0.29, 0.717) is 4.90 Å². The monoisotopic (exact) mass is 801 g/mol. The number of fused-ring (bicyclic) bond motifs is 9. The minimum absolute atomic E-state index is 0.342. The molecule has 11 aromatic carbocycles. The van der Waals surface area contributed by atoms with Crippen molar-refractivity contribution in [1.29, 1.82) is 0 Å². The lowest BCUT2D eigenvalue weighted by molar-refractivity contribution is 0.669. The molecule has 0 fully saturated rings. The van der Waals surface area contributed by atoms with Crippen LogP contribution in [0.5, 0.6) is 0 Å². The maximum Gasteiger partial charge on any atom is 0.137 e. The Morgan fingerprint density at radius 3 is 1.32 bits per heavy atom. The van der Waals surface area contributed by atoms with Crippen LogP contribution in [0.15, 0.2) is 228 Å². The molecule has 0 spiro atoms. The van der Waals surface area contributed by atoms with Crippen LogP contribution in [0.3, 0.4) is 0 Å². The minimum atomic E-state index is -1.38. The van der Waals surface area contributed by atoms with Crippen molar-refractivity contribution >= 4 is 82.1 Å². The number of para-hydroxylation sites is 1. The smallest absolute Gasteiger partial charge is 0.137 e. The lowest BCUT2D eigenvalue weighted by Crippen LogP contribution is -2.10. The summed E-state index contributed by atoms with van der Waals surface area (Å²) in [6.07, 6.45) is 0. The zero-order valence-electron chi connectivity index (χ0n) is 66.9. The fourth-order valence-electron chi connectivity index (χ4n) is 6.74. The third-order valence-electron chi connectivity index (χ3n) is 9.45. The molecule has 12 aromatic rings. The lowest BCUT2D eigenvalue weighted by atomic mass is 9.93. The van der Waals surface area contributed by atoms with Crippen molar-refractivity contribution < 1.29 is 55.1 Å². The summed E-state index contributed by atoms with van der Waals surface area (Å²) in [6.45, 7) is 0. The Hall–Kier alpha value is -7.94. The van der Waals surface area contributed by atoms with Gasteiger partial charge in [-0.3, -0.25) is 0 Å². The van der Waals surface area contributed by atoms with Gasteiger partial charge < -0.3 is 9.32 Å². The molecule has 0 N–H and O–H groups in total. The number of anilines is 3. The highest BCUT2D eigenvalue weighted by Gasteiger charge is 2.20. The Morgan fingerprint density at radius 2 is 0.733 bits per heavy atom. The molecule has 0 unspecified atom stereocenters. The first-order valence-electron chi connectivity index (χ1n) is 36.1. The number of hydrogen-bond donors (Lipinski definition) is 0. The molecule has 280 valence electrons. The van der Waals surface area contributed by atoms with E-state index >= 15 is 0 Å². The van der Waals surface area contributed by atoms with E-state index in [1.165, 1.54) is 0 Å². The molecule has 2 heteroatoms. The largest absolute Gasteiger partial charge is 0.456 e. The van der Waals surface area contributed by atoms with Crippen LogP contribution < -0.4 is 4.90 Å². The Labute approximate surface area is 399 Å². The number of benzene rings is 11. The topological polar surface area (TPSA) is 16.4 Å². The lowest BCUT2D eigenvalue weighted by Gasteiger charge is -2.26. The standard InChI is InChI=1S/C58H37NO/c1-3-12-46-40(10-1)30-36-52-48(15-7-17-50(46)52)42-24-22-38(23-25-42)39-26-32-44(33-27-39)59(55-19-9-21-57-58(55)54-14-5-6-20-56(54)60-57)45-34-28-43(29-35-45)49-16-8-18-51-47-13-4-2-11-41(47)31-37-53(49)51/h1-37H/i1D,2D,3D,4D,5D,6D,7D,8D,9D,10D,11D,12D,13D,14D,15D,16D,17D,18D,19D,20D,21D,22D,23D,24D,25D,26D,27D,28D,29D,30D,31D,32D,33D,34D,35D,36D,37D. The van der Waals surface area contributed by atoms with Crippen LogP contribution in [-0.4, -0.2) is 0 Å². The van der Waals surface area contributed by atoms with Crippen molar-refractivity contribution in [3.05, 3.63) is 224 Å². The first-order chi connectivity index (χ1) is 45.2. The van der Waals surface area contributed by atoms with Gasteiger partial charge in [-0.1, -0.05) is 181 Å². The van der Waals surface area contributed by atoms with Gasteiger partial charge in [0.2, 0.25) is 0 Å². The molecular formula is C58H37NO. The number of hydrogen-bond acceptors (Lipinski definition) is 2. The predicted molar refractivity (Wildman–Crippen MR) is 255 cm³/mol. The third-order valence-corrected chi connectivity index (χ3v) is 9.45. The molecule has 1 heterocycles.